The second-order valence-corrected chi connectivity index (χ2v) is 11.6. The van der Waals surface area contributed by atoms with Crippen molar-refractivity contribution >= 4 is 45.5 Å². The van der Waals surface area contributed by atoms with Crippen LogP contribution in [0, 0.1) is 11.8 Å². The van der Waals surface area contributed by atoms with E-state index in [1.807, 2.05) is 6.92 Å². The number of ether oxygens (including phenoxy) is 1. The van der Waals surface area contributed by atoms with Gasteiger partial charge in [0, 0.05) is 29.3 Å². The topological polar surface area (TPSA) is 95.9 Å². The van der Waals surface area contributed by atoms with Crippen LogP contribution in [0.15, 0.2) is 0 Å². The Morgan fingerprint density at radius 2 is 2.10 bits per heavy atom. The van der Waals surface area contributed by atoms with E-state index in [1.165, 1.54) is 0 Å². The van der Waals surface area contributed by atoms with E-state index in [1.54, 1.807) is 23.6 Å². The van der Waals surface area contributed by atoms with Crippen LogP contribution in [0.5, 0.6) is 0 Å². The lowest BCUT2D eigenvalue weighted by Gasteiger charge is -2.35. The van der Waals surface area contributed by atoms with Crippen molar-refractivity contribution in [1.29, 1.82) is 0 Å². The summed E-state index contributed by atoms with van der Waals surface area (Å²) in [7, 11) is 0. The Morgan fingerprint density at radius 1 is 1.35 bits per heavy atom. The van der Waals surface area contributed by atoms with Crippen molar-refractivity contribution in [3.05, 3.63) is 0 Å². The zero-order valence-corrected chi connectivity index (χ0v) is 21.0. The number of thioether (sulfide) groups is 1. The largest absolute Gasteiger partial charge is 0.466 e. The number of aliphatic hydroxyl groups excluding tert-OH is 1. The molecule has 0 radical (unpaired) electrons. The third-order valence-corrected chi connectivity index (χ3v) is 9.98. The molecule has 7 atom stereocenters. The third-order valence-electron chi connectivity index (χ3n) is 6.76. The van der Waals surface area contributed by atoms with E-state index in [0.29, 0.717) is 19.4 Å². The molecule has 31 heavy (non-hydrogen) atoms. The van der Waals surface area contributed by atoms with Gasteiger partial charge in [0.15, 0.2) is 0 Å². The molecular formula is C22H35BrN2O5S. The number of nitrogens with one attached hydrogen (secondary N) is 1. The number of alkyl halides is 1. The Bertz CT molecular complexity index is 695. The fourth-order valence-corrected chi connectivity index (χ4v) is 9.18. The van der Waals surface area contributed by atoms with Crippen molar-refractivity contribution in [1.82, 2.24) is 10.2 Å². The van der Waals surface area contributed by atoms with Crippen LogP contribution in [-0.2, 0) is 19.1 Å². The predicted molar refractivity (Wildman–Crippen MR) is 124 cm³/mol. The normalized spacial score (nSPS) is 34.7. The van der Waals surface area contributed by atoms with Crippen molar-refractivity contribution in [3.8, 4) is 0 Å². The molecule has 3 rings (SSSR count). The molecule has 3 saturated heterocycles. The Kier molecular flexibility index (Phi) is 8.35. The summed E-state index contributed by atoms with van der Waals surface area (Å²) in [6.45, 7) is 6.70. The van der Waals surface area contributed by atoms with Gasteiger partial charge in [-0.1, -0.05) is 29.3 Å². The van der Waals surface area contributed by atoms with E-state index in [0.717, 1.165) is 25.7 Å². The lowest BCUT2D eigenvalue weighted by molar-refractivity contribution is -0.153. The van der Waals surface area contributed by atoms with Crippen LogP contribution in [-0.4, -0.2) is 74.5 Å². The minimum Gasteiger partial charge on any atom is -0.466 e. The predicted octanol–water partition coefficient (Wildman–Crippen LogP) is 2.48. The van der Waals surface area contributed by atoms with Crippen molar-refractivity contribution in [2.24, 2.45) is 11.8 Å². The summed E-state index contributed by atoms with van der Waals surface area (Å²) in [5.41, 5.74) is 0. The van der Waals surface area contributed by atoms with E-state index >= 15 is 0 Å². The standard InChI is InChI=1S/C22H35BrN2O5S/c1-4-9-13(3)24-19(27)18-22-12-14(23)17(31-22)15(21(29)30-5-2)16(22)20(28)25(18)10-7-6-8-11-26/h13-18,26H,4-12H2,1-3H3,(H,24,27)/t13?,14?,15-,16-,17-,18?,22?/m0/s1. The van der Waals surface area contributed by atoms with Crippen molar-refractivity contribution in [2.75, 3.05) is 19.8 Å². The van der Waals surface area contributed by atoms with Gasteiger partial charge in [-0.15, -0.1) is 11.8 Å². The lowest BCUT2D eigenvalue weighted by atomic mass is 9.71. The molecule has 0 aromatic heterocycles. The van der Waals surface area contributed by atoms with Gasteiger partial charge in [-0.05, 0) is 46.0 Å². The van der Waals surface area contributed by atoms with Gasteiger partial charge >= 0.3 is 5.97 Å². The molecule has 1 spiro atoms. The van der Waals surface area contributed by atoms with Gasteiger partial charge in [0.2, 0.25) is 11.8 Å². The molecule has 2 bridgehead atoms. The van der Waals surface area contributed by atoms with E-state index in [2.05, 4.69) is 28.2 Å². The van der Waals surface area contributed by atoms with Crippen LogP contribution in [0.2, 0.25) is 0 Å². The van der Waals surface area contributed by atoms with E-state index in [9.17, 15) is 14.4 Å². The quantitative estimate of drug-likeness (QED) is 0.248. The van der Waals surface area contributed by atoms with E-state index in [4.69, 9.17) is 9.84 Å². The number of carbonyl (C=O) groups excluding carboxylic acids is 3. The number of rotatable bonds is 11. The highest BCUT2D eigenvalue weighted by Crippen LogP contribution is 2.67. The summed E-state index contributed by atoms with van der Waals surface area (Å²) in [5, 5.41) is 12.2. The van der Waals surface area contributed by atoms with Crippen LogP contribution < -0.4 is 5.32 Å². The maximum absolute atomic E-state index is 13.6. The van der Waals surface area contributed by atoms with Crippen molar-refractivity contribution in [2.45, 2.75) is 86.2 Å². The minimum atomic E-state index is -0.611. The van der Waals surface area contributed by atoms with Gasteiger partial charge in [0.05, 0.1) is 23.2 Å². The Hall–Kier alpha value is -0.800. The Balaban J connectivity index is 1.92. The monoisotopic (exact) mass is 518 g/mol. The number of fused-ring (bicyclic) bond motifs is 1. The average Bonchev–Trinajstić information content (AvgIpc) is 3.29. The lowest BCUT2D eigenvalue weighted by Crippen LogP contribution is -2.55. The van der Waals surface area contributed by atoms with Crippen LogP contribution in [0.3, 0.4) is 0 Å². The maximum atomic E-state index is 13.6. The molecule has 7 nitrogen and oxygen atoms in total. The summed E-state index contributed by atoms with van der Waals surface area (Å²) in [6, 6.07) is -0.559. The molecule has 3 fully saturated rings. The second-order valence-electron chi connectivity index (χ2n) is 8.93. The van der Waals surface area contributed by atoms with Gasteiger partial charge in [-0.25, -0.2) is 0 Å². The van der Waals surface area contributed by atoms with E-state index in [-0.39, 0.29) is 47.1 Å². The number of hydrogen-bond acceptors (Lipinski definition) is 6. The highest BCUT2D eigenvalue weighted by molar-refractivity contribution is 9.09. The summed E-state index contributed by atoms with van der Waals surface area (Å²) in [5.74, 6) is -1.59. The van der Waals surface area contributed by atoms with Gasteiger partial charge in [-0.2, -0.15) is 0 Å². The number of esters is 1. The van der Waals surface area contributed by atoms with Crippen molar-refractivity contribution < 1.29 is 24.2 Å². The van der Waals surface area contributed by atoms with Crippen LogP contribution in [0.1, 0.15) is 59.3 Å². The average molecular weight is 520 g/mol. The summed E-state index contributed by atoms with van der Waals surface area (Å²) in [4.78, 5) is 41.8. The van der Waals surface area contributed by atoms with Crippen LogP contribution in [0.25, 0.3) is 0 Å². The van der Waals surface area contributed by atoms with E-state index < -0.39 is 22.6 Å². The number of unbranched alkanes of at least 4 members (excludes halogenated alkanes) is 2. The number of halogens is 1. The summed E-state index contributed by atoms with van der Waals surface area (Å²) < 4.78 is 4.74. The maximum Gasteiger partial charge on any atom is 0.310 e. The highest BCUT2D eigenvalue weighted by atomic mass is 79.9. The molecule has 0 aliphatic carbocycles. The van der Waals surface area contributed by atoms with Crippen LogP contribution in [0.4, 0.5) is 0 Å². The minimum absolute atomic E-state index is 0.0310. The molecule has 2 amide bonds. The molecule has 0 aromatic carbocycles. The Labute approximate surface area is 197 Å². The molecule has 3 heterocycles. The highest BCUT2D eigenvalue weighted by Gasteiger charge is 2.75. The van der Waals surface area contributed by atoms with Gasteiger partial charge in [0.25, 0.3) is 0 Å². The first-order chi connectivity index (χ1) is 14.8. The van der Waals surface area contributed by atoms with Gasteiger partial charge < -0.3 is 20.1 Å². The third kappa shape index (κ3) is 4.51. The summed E-state index contributed by atoms with van der Waals surface area (Å²) >= 11 is 5.37. The first kappa shape index (κ1) is 24.8. The SMILES string of the molecule is CCCC(C)NC(=O)C1N(CCCCCO)C(=O)[C@@H]2[C@H](C(=O)OCC)[C@H]3SC12CC3Br. The van der Waals surface area contributed by atoms with Gasteiger partial charge in [0.1, 0.15) is 6.04 Å². The number of likely N-dealkylation sites (tertiary alicyclic amines) is 1. The zero-order chi connectivity index (χ0) is 22.8. The first-order valence-electron chi connectivity index (χ1n) is 11.5. The molecule has 2 N–H and O–H groups in total. The number of hydrogen-bond donors (Lipinski definition) is 2. The molecule has 0 saturated carbocycles. The number of carbonyl (C=O) groups is 3. The first-order valence-corrected chi connectivity index (χ1v) is 13.3. The van der Waals surface area contributed by atoms with Crippen LogP contribution >= 0.6 is 27.7 Å². The fraction of sp³-hybridized carbons (Fsp3) is 0.864. The second kappa shape index (κ2) is 10.4. The molecule has 3 aliphatic heterocycles. The van der Waals surface area contributed by atoms with Gasteiger partial charge in [-0.3, -0.25) is 14.4 Å². The molecule has 0 aromatic rings. The number of nitrogens with zero attached hydrogens (tertiary/aromatic N) is 1. The smallest absolute Gasteiger partial charge is 0.310 e. The molecule has 176 valence electrons. The Morgan fingerprint density at radius 3 is 2.74 bits per heavy atom. The molecule has 3 aliphatic rings. The number of amides is 2. The number of aliphatic hydroxyl groups is 1. The van der Waals surface area contributed by atoms with Crippen molar-refractivity contribution in [3.63, 3.8) is 0 Å². The fourth-order valence-electron chi connectivity index (χ4n) is 5.58. The molecular weight excluding hydrogens is 484 g/mol. The summed E-state index contributed by atoms with van der Waals surface area (Å²) in [6.07, 6.45) is 4.71. The molecule has 9 heteroatoms. The molecule has 4 unspecified atom stereocenters. The zero-order valence-electron chi connectivity index (χ0n) is 18.6.